The first kappa shape index (κ1) is 14.8. The molecule has 0 radical (unpaired) electrons. The van der Waals surface area contributed by atoms with E-state index in [4.69, 9.17) is 18.0 Å². The van der Waals surface area contributed by atoms with Gasteiger partial charge in [-0.15, -0.1) is 0 Å². The summed E-state index contributed by atoms with van der Waals surface area (Å²) in [5, 5.41) is 3.41. The number of anilines is 1. The van der Waals surface area contributed by atoms with Crippen LogP contribution in [0.3, 0.4) is 0 Å². The minimum atomic E-state index is 0.217. The molecule has 1 rings (SSSR count). The van der Waals surface area contributed by atoms with E-state index in [1.54, 1.807) is 0 Å². The molecule has 1 aromatic rings. The zero-order valence-electron chi connectivity index (χ0n) is 10.2. The summed E-state index contributed by atoms with van der Waals surface area (Å²) < 4.78 is 1.14. The molecule has 0 aliphatic carbocycles. The van der Waals surface area contributed by atoms with Crippen molar-refractivity contribution in [3.63, 3.8) is 0 Å². The van der Waals surface area contributed by atoms with E-state index >= 15 is 0 Å². The molecule has 0 unspecified atom stereocenters. The first-order chi connectivity index (χ1) is 7.85. The Hall–Kier alpha value is -0.260. The van der Waals surface area contributed by atoms with E-state index in [1.165, 1.54) is 0 Å². The van der Waals surface area contributed by atoms with Crippen molar-refractivity contribution in [3.8, 4) is 0 Å². The van der Waals surface area contributed by atoms with Crippen LogP contribution in [0.2, 0.25) is 0 Å². The molecule has 0 heterocycles. The smallest absolute Gasteiger partial charge is 0.105 e. The molecule has 0 bridgehead atoms. The molecule has 0 aliphatic heterocycles. The van der Waals surface area contributed by atoms with E-state index in [-0.39, 0.29) is 4.75 Å². The Balaban J connectivity index is 2.75. The summed E-state index contributed by atoms with van der Waals surface area (Å²) in [4.78, 5) is 0.410. The van der Waals surface area contributed by atoms with Crippen LogP contribution < -0.4 is 11.1 Å². The summed E-state index contributed by atoms with van der Waals surface area (Å²) in [5.74, 6) is 0. The third-order valence-corrected chi connectivity index (χ3v) is 4.63. The molecule has 0 aromatic heterocycles. The van der Waals surface area contributed by atoms with Gasteiger partial charge in [-0.25, -0.2) is 0 Å². The number of hydrogen-bond donors (Lipinski definition) is 2. The Morgan fingerprint density at radius 2 is 2.18 bits per heavy atom. The van der Waals surface area contributed by atoms with E-state index < -0.39 is 0 Å². The molecule has 0 saturated carbocycles. The largest absolute Gasteiger partial charge is 0.389 e. The van der Waals surface area contributed by atoms with Crippen molar-refractivity contribution in [1.29, 1.82) is 0 Å². The van der Waals surface area contributed by atoms with Crippen LogP contribution >= 0.6 is 39.9 Å². The third-order valence-electron chi connectivity index (χ3n) is 2.51. The summed E-state index contributed by atoms with van der Waals surface area (Å²) in [5.41, 5.74) is 7.55. The molecule has 17 heavy (non-hydrogen) atoms. The van der Waals surface area contributed by atoms with Gasteiger partial charge in [0.15, 0.2) is 0 Å². The lowest BCUT2D eigenvalue weighted by Gasteiger charge is -2.23. The Kier molecular flexibility index (Phi) is 5.28. The Bertz CT molecular complexity index is 419. The van der Waals surface area contributed by atoms with Crippen molar-refractivity contribution in [2.45, 2.75) is 18.6 Å². The molecular formula is C12H17BrN2S2. The van der Waals surface area contributed by atoms with Gasteiger partial charge in [0.25, 0.3) is 0 Å². The van der Waals surface area contributed by atoms with Crippen LogP contribution in [-0.2, 0) is 0 Å². The molecule has 0 amide bonds. The predicted molar refractivity (Wildman–Crippen MR) is 86.1 cm³/mol. The zero-order chi connectivity index (χ0) is 13.1. The van der Waals surface area contributed by atoms with Crippen molar-refractivity contribution < 1.29 is 0 Å². The maximum atomic E-state index is 5.61. The topological polar surface area (TPSA) is 38.0 Å². The second-order valence-corrected chi connectivity index (χ2v) is 7.18. The molecule has 5 heteroatoms. The predicted octanol–water partition coefficient (Wildman–Crippen LogP) is 3.64. The van der Waals surface area contributed by atoms with Gasteiger partial charge in [0.05, 0.1) is 0 Å². The molecule has 2 nitrogen and oxygen atoms in total. The molecule has 0 spiro atoms. The highest BCUT2D eigenvalue weighted by Crippen LogP contribution is 2.24. The van der Waals surface area contributed by atoms with Crippen molar-refractivity contribution in [1.82, 2.24) is 0 Å². The number of thioether (sulfide) groups is 1. The highest BCUT2D eigenvalue weighted by atomic mass is 79.9. The fraction of sp³-hybridized carbons (Fsp3) is 0.417. The molecule has 94 valence electrons. The van der Waals surface area contributed by atoms with E-state index in [9.17, 15) is 0 Å². The first-order valence-corrected chi connectivity index (χ1v) is 7.67. The molecule has 0 saturated heterocycles. The minimum absolute atomic E-state index is 0.217. The van der Waals surface area contributed by atoms with Crippen LogP contribution in [0.25, 0.3) is 0 Å². The van der Waals surface area contributed by atoms with Crippen LogP contribution in [0, 0.1) is 0 Å². The van der Waals surface area contributed by atoms with Gasteiger partial charge in [-0.05, 0) is 54.2 Å². The maximum Gasteiger partial charge on any atom is 0.105 e. The highest BCUT2D eigenvalue weighted by Gasteiger charge is 2.15. The second kappa shape index (κ2) is 6.07. The van der Waals surface area contributed by atoms with Gasteiger partial charge < -0.3 is 11.1 Å². The van der Waals surface area contributed by atoms with E-state index in [0.717, 1.165) is 22.3 Å². The lowest BCUT2D eigenvalue weighted by Crippen LogP contribution is -2.25. The molecule has 3 N–H and O–H groups in total. The lowest BCUT2D eigenvalue weighted by molar-refractivity contribution is 0.752. The molecule has 0 atom stereocenters. The molecule has 0 fully saturated rings. The number of nitrogens with two attached hydrogens (primary N) is 1. The van der Waals surface area contributed by atoms with Crippen LogP contribution in [0.1, 0.15) is 19.4 Å². The van der Waals surface area contributed by atoms with Crippen molar-refractivity contribution in [3.05, 3.63) is 28.2 Å². The third kappa shape index (κ3) is 4.48. The minimum Gasteiger partial charge on any atom is -0.389 e. The number of rotatable bonds is 5. The van der Waals surface area contributed by atoms with Gasteiger partial charge in [-0.1, -0.05) is 12.2 Å². The standard InChI is InChI=1S/C12H17BrN2S2/c1-12(2,17-3)7-15-8-4-5-9(11(14)16)10(13)6-8/h4-6,15H,7H2,1-3H3,(H2,14,16). The first-order valence-electron chi connectivity index (χ1n) is 5.24. The van der Waals surface area contributed by atoms with Gasteiger partial charge in [0, 0.05) is 27.0 Å². The average Bonchev–Trinajstić information content (AvgIpc) is 2.26. The molecule has 0 aliphatic rings. The average molecular weight is 333 g/mol. The normalized spacial score (nSPS) is 11.3. The summed E-state index contributed by atoms with van der Waals surface area (Å²) in [6.45, 7) is 5.33. The van der Waals surface area contributed by atoms with E-state index in [1.807, 2.05) is 30.0 Å². The number of benzene rings is 1. The summed E-state index contributed by atoms with van der Waals surface area (Å²) >= 11 is 10.3. The van der Waals surface area contributed by atoms with Gasteiger partial charge in [-0.3, -0.25) is 0 Å². The quantitative estimate of drug-likeness (QED) is 0.807. The Labute approximate surface area is 121 Å². The van der Waals surface area contributed by atoms with Crippen molar-refractivity contribution in [2.75, 3.05) is 18.1 Å². The van der Waals surface area contributed by atoms with Crippen LogP contribution in [-0.4, -0.2) is 22.5 Å². The Morgan fingerprint density at radius 3 is 2.65 bits per heavy atom. The van der Waals surface area contributed by atoms with Crippen LogP contribution in [0.5, 0.6) is 0 Å². The SMILES string of the molecule is CSC(C)(C)CNc1ccc(C(N)=S)c(Br)c1. The maximum absolute atomic E-state index is 5.61. The van der Waals surface area contributed by atoms with Gasteiger partial charge in [0.1, 0.15) is 4.99 Å². The Morgan fingerprint density at radius 1 is 1.53 bits per heavy atom. The molecule has 1 aromatic carbocycles. The van der Waals surface area contributed by atoms with E-state index in [2.05, 4.69) is 41.3 Å². The second-order valence-electron chi connectivity index (χ2n) is 4.38. The van der Waals surface area contributed by atoms with Gasteiger partial charge in [-0.2, -0.15) is 11.8 Å². The lowest BCUT2D eigenvalue weighted by atomic mass is 10.2. The van der Waals surface area contributed by atoms with Crippen LogP contribution in [0.4, 0.5) is 5.69 Å². The van der Waals surface area contributed by atoms with Gasteiger partial charge in [0.2, 0.25) is 0 Å². The van der Waals surface area contributed by atoms with Crippen molar-refractivity contribution in [2.24, 2.45) is 5.73 Å². The van der Waals surface area contributed by atoms with E-state index in [0.29, 0.717) is 4.99 Å². The molecular weight excluding hydrogens is 316 g/mol. The summed E-state index contributed by atoms with van der Waals surface area (Å²) in [6, 6.07) is 5.93. The number of hydrogen-bond acceptors (Lipinski definition) is 3. The summed E-state index contributed by atoms with van der Waals surface area (Å²) in [7, 11) is 0. The van der Waals surface area contributed by atoms with Crippen molar-refractivity contribution >= 4 is 50.6 Å². The van der Waals surface area contributed by atoms with Crippen LogP contribution in [0.15, 0.2) is 22.7 Å². The van der Waals surface area contributed by atoms with Gasteiger partial charge >= 0.3 is 0 Å². The monoisotopic (exact) mass is 332 g/mol. The summed E-state index contributed by atoms with van der Waals surface area (Å²) in [6.07, 6.45) is 2.12. The zero-order valence-corrected chi connectivity index (χ0v) is 13.4. The number of thiocarbonyl (C=S) groups is 1. The fourth-order valence-corrected chi connectivity index (χ4v) is 2.33. The fourth-order valence-electron chi connectivity index (χ4n) is 1.21. The number of nitrogens with one attached hydrogen (secondary N) is 1. The number of halogens is 1. The highest BCUT2D eigenvalue weighted by molar-refractivity contribution is 9.10.